The van der Waals surface area contributed by atoms with Gasteiger partial charge in [0, 0.05) is 6.04 Å². The van der Waals surface area contributed by atoms with Crippen LogP contribution in [0.3, 0.4) is 0 Å². The van der Waals surface area contributed by atoms with Crippen molar-refractivity contribution >= 4 is 0 Å². The van der Waals surface area contributed by atoms with Crippen LogP contribution in [0.2, 0.25) is 0 Å². The van der Waals surface area contributed by atoms with E-state index in [-0.39, 0.29) is 11.5 Å². The van der Waals surface area contributed by atoms with E-state index < -0.39 is 0 Å². The van der Waals surface area contributed by atoms with E-state index in [4.69, 9.17) is 5.73 Å². The predicted molar refractivity (Wildman–Crippen MR) is 109 cm³/mol. The van der Waals surface area contributed by atoms with Gasteiger partial charge in [-0.3, -0.25) is 0 Å². The first-order valence-corrected chi connectivity index (χ1v) is 11.8. The van der Waals surface area contributed by atoms with Crippen molar-refractivity contribution in [1.29, 1.82) is 0 Å². The second-order valence-electron chi connectivity index (χ2n) is 11.3. The quantitative estimate of drug-likeness (QED) is 0.709. The number of rotatable bonds is 3. The molecule has 0 aromatic carbocycles. The maximum atomic E-state index is 11.5. The van der Waals surface area contributed by atoms with Gasteiger partial charge in [0.25, 0.3) is 0 Å². The lowest BCUT2D eigenvalue weighted by molar-refractivity contribution is -0.169. The van der Waals surface area contributed by atoms with Crippen molar-refractivity contribution in [1.82, 2.24) is 0 Å². The molecule has 0 saturated heterocycles. The molecule has 0 heterocycles. The molecule has 4 rings (SSSR count). The van der Waals surface area contributed by atoms with Crippen molar-refractivity contribution < 1.29 is 5.11 Å². The number of hydrogen-bond donors (Lipinski definition) is 2. The van der Waals surface area contributed by atoms with Gasteiger partial charge in [0.2, 0.25) is 0 Å². The molecule has 0 bridgehead atoms. The van der Waals surface area contributed by atoms with Crippen LogP contribution >= 0.6 is 0 Å². The molecule has 0 aromatic heterocycles. The molecule has 4 saturated carbocycles. The summed E-state index contributed by atoms with van der Waals surface area (Å²) in [5, 5.41) is 11.5. The maximum absolute atomic E-state index is 11.5. The van der Waals surface area contributed by atoms with Crippen LogP contribution in [0.1, 0.15) is 91.9 Å². The Morgan fingerprint density at radius 3 is 2.54 bits per heavy atom. The van der Waals surface area contributed by atoms with Gasteiger partial charge in [0.15, 0.2) is 0 Å². The maximum Gasteiger partial charge on any atom is 0.0602 e. The average Bonchev–Trinajstić information content (AvgIpc) is 2.96. The smallest absolute Gasteiger partial charge is 0.0602 e. The zero-order chi connectivity index (χ0) is 18.7. The van der Waals surface area contributed by atoms with Gasteiger partial charge in [-0.1, -0.05) is 40.5 Å². The van der Waals surface area contributed by atoms with Crippen molar-refractivity contribution in [2.45, 2.75) is 104 Å². The second kappa shape index (κ2) is 6.76. The van der Waals surface area contributed by atoms with E-state index in [1.54, 1.807) is 0 Å². The molecule has 9 unspecified atom stereocenters. The summed E-state index contributed by atoms with van der Waals surface area (Å²) in [5.74, 6) is 4.66. The van der Waals surface area contributed by atoms with Crippen molar-refractivity contribution in [2.24, 2.45) is 52.1 Å². The Morgan fingerprint density at radius 1 is 1.04 bits per heavy atom. The molecule has 26 heavy (non-hydrogen) atoms. The van der Waals surface area contributed by atoms with Crippen LogP contribution in [0.15, 0.2) is 0 Å². The van der Waals surface area contributed by atoms with E-state index in [9.17, 15) is 5.11 Å². The zero-order valence-electron chi connectivity index (χ0n) is 17.7. The van der Waals surface area contributed by atoms with E-state index in [0.717, 1.165) is 41.9 Å². The molecule has 2 heteroatoms. The van der Waals surface area contributed by atoms with Gasteiger partial charge in [-0.2, -0.15) is 0 Å². The highest BCUT2D eigenvalue weighted by Crippen LogP contribution is 2.68. The van der Waals surface area contributed by atoms with Crippen LogP contribution in [-0.4, -0.2) is 17.3 Å². The Labute approximate surface area is 161 Å². The topological polar surface area (TPSA) is 46.2 Å². The minimum absolute atomic E-state index is 0.0910. The summed E-state index contributed by atoms with van der Waals surface area (Å²) >= 11 is 0. The fourth-order valence-electron chi connectivity index (χ4n) is 8.87. The van der Waals surface area contributed by atoms with Gasteiger partial charge >= 0.3 is 0 Å². The molecule has 10 atom stereocenters. The molecule has 0 radical (unpaired) electrons. The van der Waals surface area contributed by atoms with Crippen LogP contribution in [-0.2, 0) is 0 Å². The Morgan fingerprint density at radius 2 is 1.81 bits per heavy atom. The Hall–Kier alpha value is -0.0800. The first-order valence-electron chi connectivity index (χ1n) is 11.8. The van der Waals surface area contributed by atoms with Gasteiger partial charge in [-0.25, -0.2) is 0 Å². The van der Waals surface area contributed by atoms with Crippen LogP contribution in [0, 0.1) is 46.3 Å². The van der Waals surface area contributed by atoms with E-state index in [1.807, 2.05) is 0 Å². The normalized spacial score (nSPS) is 54.9. The van der Waals surface area contributed by atoms with Crippen LogP contribution in [0.4, 0.5) is 0 Å². The van der Waals surface area contributed by atoms with E-state index >= 15 is 0 Å². The van der Waals surface area contributed by atoms with Crippen molar-refractivity contribution in [3.05, 3.63) is 0 Å². The molecule has 0 spiro atoms. The third-order valence-corrected chi connectivity index (χ3v) is 10.3. The van der Waals surface area contributed by atoms with E-state index in [0.29, 0.717) is 11.5 Å². The molecule has 3 N–H and O–H groups in total. The molecule has 0 amide bonds. The summed E-state index contributed by atoms with van der Waals surface area (Å²) in [6.07, 6.45) is 12.8. The van der Waals surface area contributed by atoms with E-state index in [1.165, 1.54) is 57.8 Å². The highest BCUT2D eigenvalue weighted by Gasteiger charge is 2.63. The number of nitrogens with two attached hydrogens (primary N) is 1. The minimum Gasteiger partial charge on any atom is -0.393 e. The van der Waals surface area contributed by atoms with Crippen molar-refractivity contribution in [2.75, 3.05) is 0 Å². The average molecular weight is 362 g/mol. The zero-order valence-corrected chi connectivity index (χ0v) is 17.7. The summed E-state index contributed by atoms with van der Waals surface area (Å²) in [6.45, 7) is 9.82. The first-order chi connectivity index (χ1) is 12.3. The lowest BCUT2D eigenvalue weighted by Crippen LogP contribution is -2.59. The Kier molecular flexibility index (Phi) is 5.01. The first kappa shape index (κ1) is 19.2. The van der Waals surface area contributed by atoms with Gasteiger partial charge in [0.05, 0.1) is 6.10 Å². The molecule has 2 nitrogen and oxygen atoms in total. The standard InChI is InChI=1S/C24H43NO/c1-5-6-15(2)19-9-10-20-18-8-7-16-13-17(25)11-12-23(16,3)21(18)14-22(26)24(19,20)4/h15-22,26H,5-14,25H2,1-4H3/t15?,16?,17?,18?,19?,20?,21?,22?,23?,24-/m1/s1. The third kappa shape index (κ3) is 2.65. The number of fused-ring (bicyclic) bond motifs is 5. The van der Waals surface area contributed by atoms with Crippen LogP contribution in [0.25, 0.3) is 0 Å². The van der Waals surface area contributed by atoms with Gasteiger partial charge in [-0.05, 0) is 97.7 Å². The minimum atomic E-state index is -0.0910. The molecular weight excluding hydrogens is 318 g/mol. The van der Waals surface area contributed by atoms with Crippen molar-refractivity contribution in [3.63, 3.8) is 0 Å². The lowest BCUT2D eigenvalue weighted by Gasteiger charge is -2.62. The fraction of sp³-hybridized carbons (Fsp3) is 1.00. The summed E-state index contributed by atoms with van der Waals surface area (Å²) < 4.78 is 0. The molecule has 0 aromatic rings. The van der Waals surface area contributed by atoms with Gasteiger partial charge in [0.1, 0.15) is 0 Å². The predicted octanol–water partition coefficient (Wildman–Crippen LogP) is 5.38. The SMILES string of the molecule is CCCC(C)C1CCC2C3CCC4CC(N)CCC4(C)C3CC(O)[C@]12C. The highest BCUT2D eigenvalue weighted by molar-refractivity contribution is 5.12. The summed E-state index contributed by atoms with van der Waals surface area (Å²) in [5.41, 5.74) is 6.94. The number of hydrogen-bond acceptors (Lipinski definition) is 2. The molecule has 4 fully saturated rings. The monoisotopic (exact) mass is 361 g/mol. The molecule has 4 aliphatic carbocycles. The summed E-state index contributed by atoms with van der Waals surface area (Å²) in [6, 6.07) is 0.425. The van der Waals surface area contributed by atoms with Gasteiger partial charge < -0.3 is 10.8 Å². The van der Waals surface area contributed by atoms with Gasteiger partial charge in [-0.15, -0.1) is 0 Å². The van der Waals surface area contributed by atoms with Crippen molar-refractivity contribution in [3.8, 4) is 0 Å². The molecule has 150 valence electrons. The Bertz CT molecular complexity index is 520. The molecule has 4 aliphatic rings. The lowest BCUT2D eigenvalue weighted by atomic mass is 9.43. The number of aliphatic hydroxyl groups excluding tert-OH is 1. The Balaban J connectivity index is 1.61. The fourth-order valence-corrected chi connectivity index (χ4v) is 8.87. The van der Waals surface area contributed by atoms with Crippen LogP contribution in [0.5, 0.6) is 0 Å². The summed E-state index contributed by atoms with van der Waals surface area (Å²) in [7, 11) is 0. The van der Waals surface area contributed by atoms with Crippen LogP contribution < -0.4 is 5.73 Å². The molecule has 0 aliphatic heterocycles. The summed E-state index contributed by atoms with van der Waals surface area (Å²) in [4.78, 5) is 0. The molecular formula is C24H43NO. The second-order valence-corrected chi connectivity index (χ2v) is 11.3. The third-order valence-electron chi connectivity index (χ3n) is 10.3. The largest absolute Gasteiger partial charge is 0.393 e. The number of aliphatic hydroxyl groups is 1. The van der Waals surface area contributed by atoms with E-state index in [2.05, 4.69) is 27.7 Å². The highest BCUT2D eigenvalue weighted by atomic mass is 16.3.